The topological polar surface area (TPSA) is 42.6 Å². The van der Waals surface area contributed by atoms with E-state index in [4.69, 9.17) is 9.15 Å². The van der Waals surface area contributed by atoms with Crippen molar-refractivity contribution in [2.45, 2.75) is 37.9 Å². The smallest absolute Gasteiger partial charge is 0.0963 e. The summed E-state index contributed by atoms with van der Waals surface area (Å²) >= 11 is 0. The van der Waals surface area contributed by atoms with E-state index in [1.54, 1.807) is 12.5 Å². The Morgan fingerprint density at radius 3 is 2.71 bits per heavy atom. The van der Waals surface area contributed by atoms with Gasteiger partial charge in [-0.2, -0.15) is 0 Å². The third-order valence-corrected chi connectivity index (χ3v) is 3.07. The Labute approximate surface area is 83.7 Å². The quantitative estimate of drug-likeness (QED) is 0.787. The average molecular weight is 196 g/mol. The largest absolute Gasteiger partial charge is 0.472 e. The predicted octanol–water partition coefficient (Wildman–Crippen LogP) is 2.06. The summed E-state index contributed by atoms with van der Waals surface area (Å²) in [7, 11) is 0. The van der Waals surface area contributed by atoms with Crippen LogP contribution >= 0.6 is 0 Å². The third kappa shape index (κ3) is 1.47. The lowest BCUT2D eigenvalue weighted by Gasteiger charge is -2.28. The monoisotopic (exact) mass is 196 g/mol. The highest BCUT2D eigenvalue weighted by molar-refractivity contribution is 5.18. The molecule has 1 fully saturated rings. The Balaban J connectivity index is 2.21. The van der Waals surface area contributed by atoms with Crippen molar-refractivity contribution in [3.8, 4) is 0 Å². The van der Waals surface area contributed by atoms with Crippen molar-refractivity contribution in [1.82, 2.24) is 0 Å². The lowest BCUT2D eigenvalue weighted by Crippen LogP contribution is -2.32. The Kier molecular flexibility index (Phi) is 2.16. The minimum atomic E-state index is -0.397. The number of aliphatic hydroxyl groups is 1. The second kappa shape index (κ2) is 3.11. The van der Waals surface area contributed by atoms with Crippen molar-refractivity contribution in [2.24, 2.45) is 0 Å². The van der Waals surface area contributed by atoms with Crippen LogP contribution in [0.25, 0.3) is 0 Å². The van der Waals surface area contributed by atoms with E-state index in [0.29, 0.717) is 0 Å². The van der Waals surface area contributed by atoms with E-state index in [1.165, 1.54) is 0 Å². The van der Waals surface area contributed by atoms with Crippen molar-refractivity contribution < 1.29 is 14.3 Å². The molecule has 0 saturated carbocycles. The molecule has 0 radical (unpaired) electrons. The van der Waals surface area contributed by atoms with Gasteiger partial charge in [-0.05, 0) is 32.8 Å². The van der Waals surface area contributed by atoms with E-state index < -0.39 is 5.60 Å². The van der Waals surface area contributed by atoms with E-state index in [9.17, 15) is 5.11 Å². The molecule has 0 aliphatic carbocycles. The number of hydrogen-bond donors (Lipinski definition) is 1. The maximum absolute atomic E-state index is 9.21. The minimum Gasteiger partial charge on any atom is -0.472 e. The number of furan rings is 1. The molecule has 14 heavy (non-hydrogen) atoms. The van der Waals surface area contributed by atoms with Crippen LogP contribution in [0.2, 0.25) is 0 Å². The molecule has 1 N–H and O–H groups in total. The average Bonchev–Trinajstić information content (AvgIpc) is 2.75. The summed E-state index contributed by atoms with van der Waals surface area (Å²) in [6.07, 6.45) is 5.16. The molecule has 1 aliphatic heterocycles. The van der Waals surface area contributed by atoms with Crippen LogP contribution in [0.5, 0.6) is 0 Å². The van der Waals surface area contributed by atoms with Crippen molar-refractivity contribution in [3.63, 3.8) is 0 Å². The van der Waals surface area contributed by atoms with Gasteiger partial charge in [0.1, 0.15) is 0 Å². The first-order valence-corrected chi connectivity index (χ1v) is 4.92. The fourth-order valence-electron chi connectivity index (χ4n) is 2.03. The zero-order chi connectivity index (χ0) is 10.2. The van der Waals surface area contributed by atoms with Gasteiger partial charge in [0.2, 0.25) is 0 Å². The van der Waals surface area contributed by atoms with Crippen LogP contribution in [0.1, 0.15) is 32.3 Å². The maximum Gasteiger partial charge on any atom is 0.0963 e. The molecule has 0 spiro atoms. The first-order valence-electron chi connectivity index (χ1n) is 4.92. The second-order valence-corrected chi connectivity index (χ2v) is 4.45. The fraction of sp³-hybridized carbons (Fsp3) is 0.636. The van der Waals surface area contributed by atoms with E-state index in [1.807, 2.05) is 19.9 Å². The third-order valence-electron chi connectivity index (χ3n) is 3.07. The van der Waals surface area contributed by atoms with Crippen LogP contribution in [0, 0.1) is 0 Å². The molecule has 3 heteroatoms. The molecule has 2 rings (SSSR count). The molecular formula is C11H16O3. The van der Waals surface area contributed by atoms with Gasteiger partial charge >= 0.3 is 0 Å². The lowest BCUT2D eigenvalue weighted by atomic mass is 9.94. The summed E-state index contributed by atoms with van der Waals surface area (Å²) in [6.45, 7) is 4.05. The Morgan fingerprint density at radius 2 is 2.21 bits per heavy atom. The molecule has 0 bridgehead atoms. The van der Waals surface area contributed by atoms with Gasteiger partial charge in [0, 0.05) is 5.56 Å². The molecule has 1 aromatic heterocycles. The number of rotatable bonds is 2. The van der Waals surface area contributed by atoms with E-state index in [-0.39, 0.29) is 12.2 Å². The summed E-state index contributed by atoms with van der Waals surface area (Å²) in [6, 6.07) is 1.92. The van der Waals surface area contributed by atoms with Crippen LogP contribution in [0.15, 0.2) is 23.0 Å². The molecule has 0 aromatic carbocycles. The first-order chi connectivity index (χ1) is 6.58. The van der Waals surface area contributed by atoms with Crippen molar-refractivity contribution >= 4 is 0 Å². The molecule has 1 aromatic rings. The summed E-state index contributed by atoms with van der Waals surface area (Å²) in [4.78, 5) is 0. The SMILES string of the molecule is CC1(CO)CCC(C)(c2ccoc2)O1. The van der Waals surface area contributed by atoms with E-state index in [2.05, 4.69) is 0 Å². The maximum atomic E-state index is 9.21. The summed E-state index contributed by atoms with van der Waals surface area (Å²) in [5.41, 5.74) is 0.353. The molecule has 2 atom stereocenters. The molecular weight excluding hydrogens is 180 g/mol. The highest BCUT2D eigenvalue weighted by Gasteiger charge is 2.44. The van der Waals surface area contributed by atoms with Gasteiger partial charge in [-0.3, -0.25) is 0 Å². The molecule has 2 heterocycles. The zero-order valence-electron chi connectivity index (χ0n) is 8.62. The summed E-state index contributed by atoms with van der Waals surface area (Å²) in [5.74, 6) is 0. The van der Waals surface area contributed by atoms with Crippen LogP contribution in [-0.2, 0) is 10.3 Å². The first kappa shape index (κ1) is 9.74. The molecule has 1 saturated heterocycles. The van der Waals surface area contributed by atoms with Crippen molar-refractivity contribution in [1.29, 1.82) is 0 Å². The van der Waals surface area contributed by atoms with Gasteiger partial charge in [0.05, 0.1) is 30.3 Å². The summed E-state index contributed by atoms with van der Waals surface area (Å²) < 4.78 is 11.0. The fourth-order valence-corrected chi connectivity index (χ4v) is 2.03. The van der Waals surface area contributed by atoms with E-state index >= 15 is 0 Å². The predicted molar refractivity (Wildman–Crippen MR) is 51.9 cm³/mol. The zero-order valence-corrected chi connectivity index (χ0v) is 8.62. The molecule has 3 nitrogen and oxygen atoms in total. The van der Waals surface area contributed by atoms with Crippen LogP contribution < -0.4 is 0 Å². The number of aliphatic hydroxyl groups excluding tert-OH is 1. The molecule has 1 aliphatic rings. The van der Waals surface area contributed by atoms with Gasteiger partial charge in [-0.15, -0.1) is 0 Å². The van der Waals surface area contributed by atoms with Crippen LogP contribution in [0.4, 0.5) is 0 Å². The Bertz CT molecular complexity index is 306. The van der Waals surface area contributed by atoms with Crippen LogP contribution in [0.3, 0.4) is 0 Å². The second-order valence-electron chi connectivity index (χ2n) is 4.45. The van der Waals surface area contributed by atoms with Gasteiger partial charge in [-0.25, -0.2) is 0 Å². The highest BCUT2D eigenvalue weighted by atomic mass is 16.5. The normalized spacial score (nSPS) is 37.6. The number of ether oxygens (including phenoxy) is 1. The van der Waals surface area contributed by atoms with Gasteiger partial charge in [0.25, 0.3) is 0 Å². The molecule has 2 unspecified atom stereocenters. The van der Waals surface area contributed by atoms with Crippen molar-refractivity contribution in [3.05, 3.63) is 24.2 Å². The Morgan fingerprint density at radius 1 is 1.43 bits per heavy atom. The van der Waals surface area contributed by atoms with Gasteiger partial charge in [0.15, 0.2) is 0 Å². The number of hydrogen-bond acceptors (Lipinski definition) is 3. The minimum absolute atomic E-state index is 0.0699. The highest BCUT2D eigenvalue weighted by Crippen LogP contribution is 2.44. The van der Waals surface area contributed by atoms with Crippen LogP contribution in [-0.4, -0.2) is 17.3 Å². The van der Waals surface area contributed by atoms with Crippen molar-refractivity contribution in [2.75, 3.05) is 6.61 Å². The lowest BCUT2D eigenvalue weighted by molar-refractivity contribution is -0.111. The molecule has 0 amide bonds. The van der Waals surface area contributed by atoms with Gasteiger partial charge < -0.3 is 14.3 Å². The standard InChI is InChI=1S/C11H16O3/c1-10(8-12)4-5-11(2,14-10)9-3-6-13-7-9/h3,6-7,12H,4-5,8H2,1-2H3. The Hall–Kier alpha value is -0.800. The summed E-state index contributed by atoms with van der Waals surface area (Å²) in [5, 5.41) is 9.21. The van der Waals surface area contributed by atoms with E-state index in [0.717, 1.165) is 18.4 Å². The van der Waals surface area contributed by atoms with Gasteiger partial charge in [-0.1, -0.05) is 0 Å². The molecule has 78 valence electrons.